The second kappa shape index (κ2) is 10.3. The van der Waals surface area contributed by atoms with Gasteiger partial charge >= 0.3 is 0 Å². The highest BCUT2D eigenvalue weighted by atomic mass is 35.5. The van der Waals surface area contributed by atoms with Crippen molar-refractivity contribution in [2.45, 2.75) is 42.6 Å². The third kappa shape index (κ3) is 5.52. The first-order valence-corrected chi connectivity index (χ1v) is 13.6. The number of nitrogens with zero attached hydrogens (tertiary/aromatic N) is 3. The Morgan fingerprint density at radius 1 is 1.00 bits per heavy atom. The van der Waals surface area contributed by atoms with Crippen LogP contribution in [0.15, 0.2) is 82.8 Å². The first kappa shape index (κ1) is 24.5. The quantitative estimate of drug-likeness (QED) is 0.299. The number of sulfonamides is 1. The monoisotopic (exact) mass is 512 g/mol. The minimum absolute atomic E-state index is 0.195. The molecule has 1 heterocycles. The van der Waals surface area contributed by atoms with Crippen LogP contribution in [0.3, 0.4) is 0 Å². The Labute approximate surface area is 209 Å². The van der Waals surface area contributed by atoms with Gasteiger partial charge in [-0.1, -0.05) is 77.5 Å². The number of aromatic nitrogens is 3. The van der Waals surface area contributed by atoms with Crippen LogP contribution in [0.25, 0.3) is 5.69 Å². The van der Waals surface area contributed by atoms with Crippen molar-refractivity contribution in [2.24, 2.45) is 0 Å². The second-order valence-corrected chi connectivity index (χ2v) is 11.1. The van der Waals surface area contributed by atoms with E-state index in [0.29, 0.717) is 21.8 Å². The van der Waals surface area contributed by atoms with E-state index >= 15 is 0 Å². The van der Waals surface area contributed by atoms with Crippen LogP contribution in [0.5, 0.6) is 0 Å². The molecule has 0 aliphatic rings. The number of halogens is 1. The Morgan fingerprint density at radius 2 is 1.76 bits per heavy atom. The highest BCUT2D eigenvalue weighted by Crippen LogP contribution is 2.31. The highest BCUT2D eigenvalue weighted by Gasteiger charge is 2.25. The number of thioether (sulfide) groups is 1. The average Bonchev–Trinajstić information content (AvgIpc) is 3.23. The molecule has 1 atom stereocenters. The second-order valence-electron chi connectivity index (χ2n) is 8.04. The van der Waals surface area contributed by atoms with Gasteiger partial charge in [0.15, 0.2) is 11.0 Å². The molecule has 0 saturated carbocycles. The summed E-state index contributed by atoms with van der Waals surface area (Å²) in [7, 11) is -3.74. The maximum Gasteiger partial charge on any atom is 0.241 e. The lowest BCUT2D eigenvalue weighted by Crippen LogP contribution is -2.29. The van der Waals surface area contributed by atoms with E-state index in [0.717, 1.165) is 11.3 Å². The van der Waals surface area contributed by atoms with Crippen molar-refractivity contribution < 1.29 is 8.42 Å². The van der Waals surface area contributed by atoms with Crippen molar-refractivity contribution in [2.75, 3.05) is 0 Å². The lowest BCUT2D eigenvalue weighted by molar-refractivity contribution is 0.556. The van der Waals surface area contributed by atoms with Crippen LogP contribution < -0.4 is 4.72 Å². The van der Waals surface area contributed by atoms with Gasteiger partial charge in [-0.3, -0.25) is 4.57 Å². The van der Waals surface area contributed by atoms with Gasteiger partial charge in [-0.05, 0) is 56.2 Å². The molecule has 6 nitrogen and oxygen atoms in total. The van der Waals surface area contributed by atoms with Crippen molar-refractivity contribution in [1.29, 1.82) is 0 Å². The van der Waals surface area contributed by atoms with Crippen LogP contribution in [0, 0.1) is 13.8 Å². The fourth-order valence-electron chi connectivity index (χ4n) is 3.61. The number of benzene rings is 3. The summed E-state index contributed by atoms with van der Waals surface area (Å²) in [5, 5.41) is 10.1. The predicted octanol–water partition coefficient (Wildman–Crippen LogP) is 5.87. The summed E-state index contributed by atoms with van der Waals surface area (Å²) in [6.07, 6.45) is 0. The van der Waals surface area contributed by atoms with E-state index < -0.39 is 16.1 Å². The molecule has 9 heteroatoms. The topological polar surface area (TPSA) is 76.9 Å². The fraction of sp³-hybridized carbons (Fsp3) is 0.200. The molecule has 0 fully saturated rings. The first-order valence-electron chi connectivity index (χ1n) is 10.7. The molecule has 4 rings (SSSR count). The summed E-state index contributed by atoms with van der Waals surface area (Å²) >= 11 is 7.86. The zero-order chi connectivity index (χ0) is 24.3. The Balaban J connectivity index is 1.71. The minimum atomic E-state index is -3.74. The molecule has 0 radical (unpaired) electrons. The zero-order valence-corrected chi connectivity index (χ0v) is 21.5. The van der Waals surface area contributed by atoms with Gasteiger partial charge in [0.05, 0.1) is 16.6 Å². The molecular formula is C25H25ClN4O2S2. The van der Waals surface area contributed by atoms with Crippen LogP contribution in [0.2, 0.25) is 5.02 Å². The highest BCUT2D eigenvalue weighted by molar-refractivity contribution is 7.98. The molecule has 0 spiro atoms. The van der Waals surface area contributed by atoms with E-state index in [9.17, 15) is 8.42 Å². The van der Waals surface area contributed by atoms with Gasteiger partial charge in [-0.25, -0.2) is 13.1 Å². The van der Waals surface area contributed by atoms with Crippen molar-refractivity contribution in [3.63, 3.8) is 0 Å². The Kier molecular flexibility index (Phi) is 7.42. The van der Waals surface area contributed by atoms with E-state index in [-0.39, 0.29) is 4.90 Å². The molecule has 0 bridgehead atoms. The molecule has 3 aromatic carbocycles. The van der Waals surface area contributed by atoms with Crippen LogP contribution in [0.1, 0.15) is 35.5 Å². The van der Waals surface area contributed by atoms with E-state index in [1.807, 2.05) is 35.8 Å². The van der Waals surface area contributed by atoms with Gasteiger partial charge in [0.25, 0.3) is 0 Å². The summed E-state index contributed by atoms with van der Waals surface area (Å²) in [5.74, 6) is 1.18. The van der Waals surface area contributed by atoms with Crippen LogP contribution in [0.4, 0.5) is 0 Å². The van der Waals surface area contributed by atoms with E-state index in [1.54, 1.807) is 37.3 Å². The molecule has 4 aromatic rings. The van der Waals surface area contributed by atoms with Gasteiger partial charge in [-0.15, -0.1) is 10.2 Å². The van der Waals surface area contributed by atoms with Gasteiger partial charge in [0.1, 0.15) is 0 Å². The van der Waals surface area contributed by atoms with Crippen molar-refractivity contribution in [3.8, 4) is 5.69 Å². The van der Waals surface area contributed by atoms with E-state index in [2.05, 4.69) is 40.0 Å². The van der Waals surface area contributed by atoms with Crippen LogP contribution in [-0.2, 0) is 15.8 Å². The van der Waals surface area contributed by atoms with Crippen LogP contribution in [-0.4, -0.2) is 23.2 Å². The summed E-state index contributed by atoms with van der Waals surface area (Å²) in [4.78, 5) is 0.195. The largest absolute Gasteiger partial charge is 0.272 e. The molecule has 0 aliphatic carbocycles. The van der Waals surface area contributed by atoms with Crippen molar-refractivity contribution in [3.05, 3.63) is 100 Å². The summed E-state index contributed by atoms with van der Waals surface area (Å²) < 4.78 is 30.5. The van der Waals surface area contributed by atoms with Crippen LogP contribution >= 0.6 is 23.4 Å². The molecule has 0 saturated heterocycles. The van der Waals surface area contributed by atoms with Gasteiger partial charge in [-0.2, -0.15) is 0 Å². The van der Waals surface area contributed by atoms with Crippen molar-refractivity contribution >= 4 is 33.4 Å². The minimum Gasteiger partial charge on any atom is -0.272 e. The van der Waals surface area contributed by atoms with E-state index in [4.69, 9.17) is 11.6 Å². The molecule has 1 unspecified atom stereocenters. The fourth-order valence-corrected chi connectivity index (χ4v) is 5.89. The Bertz CT molecular complexity index is 1410. The third-order valence-corrected chi connectivity index (χ3v) is 8.09. The van der Waals surface area contributed by atoms with Crippen molar-refractivity contribution in [1.82, 2.24) is 19.5 Å². The third-order valence-electron chi connectivity index (χ3n) is 5.29. The first-order chi connectivity index (χ1) is 16.2. The summed E-state index contributed by atoms with van der Waals surface area (Å²) in [5.41, 5.74) is 4.14. The van der Waals surface area contributed by atoms with Gasteiger partial charge in [0, 0.05) is 10.8 Å². The Morgan fingerprint density at radius 3 is 2.50 bits per heavy atom. The van der Waals surface area contributed by atoms with Gasteiger partial charge < -0.3 is 0 Å². The van der Waals surface area contributed by atoms with E-state index in [1.165, 1.54) is 22.9 Å². The lowest BCUT2D eigenvalue weighted by Gasteiger charge is -2.18. The lowest BCUT2D eigenvalue weighted by atomic mass is 10.2. The standard InChI is InChI=1S/C25H25ClN4O2S2/c1-17-8-7-9-20(14-17)16-33-25-28-27-24(30(25)23-15-21(26)13-12-18(23)2)19(3)29-34(31,32)22-10-5-4-6-11-22/h4-15,19,29H,16H2,1-3H3. The average molecular weight is 513 g/mol. The SMILES string of the molecule is Cc1cccc(CSc2nnc(C(C)NS(=O)(=O)c3ccccc3)n2-c2cc(Cl)ccc2C)c1. The number of aryl methyl sites for hydroxylation is 2. The molecule has 1 N–H and O–H groups in total. The zero-order valence-electron chi connectivity index (χ0n) is 19.1. The molecular weight excluding hydrogens is 488 g/mol. The Hall–Kier alpha value is -2.65. The van der Waals surface area contributed by atoms with Gasteiger partial charge in [0.2, 0.25) is 10.0 Å². The molecule has 176 valence electrons. The molecule has 34 heavy (non-hydrogen) atoms. The normalized spacial score (nSPS) is 12.6. The number of rotatable bonds is 8. The maximum atomic E-state index is 12.9. The molecule has 1 aromatic heterocycles. The number of hydrogen-bond acceptors (Lipinski definition) is 5. The summed E-state index contributed by atoms with van der Waals surface area (Å²) in [6.45, 7) is 5.80. The number of nitrogens with one attached hydrogen (secondary N) is 1. The predicted molar refractivity (Wildman–Crippen MR) is 137 cm³/mol. The molecule has 0 aliphatic heterocycles. The maximum absolute atomic E-state index is 12.9. The summed E-state index contributed by atoms with van der Waals surface area (Å²) in [6, 6.07) is 21.5. The molecule has 0 amide bonds. The smallest absolute Gasteiger partial charge is 0.241 e. The number of hydrogen-bond donors (Lipinski definition) is 1.